The molecule has 2 N–H and O–H groups in total. The van der Waals surface area contributed by atoms with Gasteiger partial charge in [0.05, 0.1) is 6.10 Å². The highest BCUT2D eigenvalue weighted by Crippen LogP contribution is 2.75. The Labute approximate surface area is 104 Å². The molecule has 0 aromatic heterocycles. The van der Waals surface area contributed by atoms with E-state index in [1.165, 1.54) is 12.8 Å². The van der Waals surface area contributed by atoms with Gasteiger partial charge in [-0.05, 0) is 36.5 Å². The molecule has 0 saturated heterocycles. The van der Waals surface area contributed by atoms with E-state index in [0.717, 1.165) is 6.42 Å². The van der Waals surface area contributed by atoms with Gasteiger partial charge in [0.2, 0.25) is 0 Å². The van der Waals surface area contributed by atoms with E-state index in [-0.39, 0.29) is 29.0 Å². The van der Waals surface area contributed by atoms with E-state index in [9.17, 15) is 10.2 Å². The summed E-state index contributed by atoms with van der Waals surface area (Å²) in [4.78, 5) is 0. The smallest absolute Gasteiger partial charge is 0.0783 e. The normalized spacial score (nSPS) is 60.6. The van der Waals surface area contributed by atoms with Crippen LogP contribution in [0.1, 0.15) is 40.0 Å². The molecule has 0 heterocycles. The predicted octanol–water partition coefficient (Wildman–Crippen LogP) is 2.36. The monoisotopic (exact) mass is 236 g/mol. The Morgan fingerprint density at radius 2 is 2.00 bits per heavy atom. The van der Waals surface area contributed by atoms with Gasteiger partial charge in [-0.25, -0.2) is 0 Å². The Kier molecular flexibility index (Phi) is 2.18. The Morgan fingerprint density at radius 3 is 2.65 bits per heavy atom. The Morgan fingerprint density at radius 1 is 1.29 bits per heavy atom. The summed E-state index contributed by atoms with van der Waals surface area (Å²) in [5.74, 6) is 1.16. The van der Waals surface area contributed by atoms with E-state index < -0.39 is 0 Å². The summed E-state index contributed by atoms with van der Waals surface area (Å²) in [7, 11) is 0. The highest BCUT2D eigenvalue weighted by atomic mass is 16.3. The van der Waals surface area contributed by atoms with Crippen molar-refractivity contribution < 1.29 is 10.2 Å². The molecule has 6 unspecified atom stereocenters. The number of rotatable bonds is 1. The fraction of sp³-hybridized carbons (Fsp3) is 0.867. The Bertz CT molecular complexity index is 377. The number of allylic oxidation sites excluding steroid dienone is 1. The summed E-state index contributed by atoms with van der Waals surface area (Å²) in [6.07, 6.45) is 7.34. The molecule has 0 bridgehead atoms. The maximum absolute atomic E-state index is 10.4. The van der Waals surface area contributed by atoms with E-state index in [0.29, 0.717) is 11.8 Å². The van der Waals surface area contributed by atoms with Crippen LogP contribution >= 0.6 is 0 Å². The van der Waals surface area contributed by atoms with Crippen LogP contribution in [-0.2, 0) is 0 Å². The zero-order valence-corrected chi connectivity index (χ0v) is 11.1. The maximum atomic E-state index is 10.4. The topological polar surface area (TPSA) is 40.5 Å². The molecule has 3 aliphatic rings. The molecule has 0 aliphatic heterocycles. The van der Waals surface area contributed by atoms with Crippen LogP contribution < -0.4 is 0 Å². The minimum Gasteiger partial charge on any atom is -0.396 e. The molecule has 6 atom stereocenters. The van der Waals surface area contributed by atoms with Gasteiger partial charge < -0.3 is 10.2 Å². The van der Waals surface area contributed by atoms with Crippen molar-refractivity contribution in [2.45, 2.75) is 46.1 Å². The summed E-state index contributed by atoms with van der Waals surface area (Å²) < 4.78 is 0. The summed E-state index contributed by atoms with van der Waals surface area (Å²) >= 11 is 0. The molecule has 0 aromatic carbocycles. The maximum Gasteiger partial charge on any atom is 0.0783 e. The number of hydrogen-bond donors (Lipinski definition) is 2. The molecule has 2 nitrogen and oxygen atoms in total. The second-order valence-corrected chi connectivity index (χ2v) is 7.17. The van der Waals surface area contributed by atoms with Crippen molar-refractivity contribution in [3.8, 4) is 0 Å². The minimum absolute atomic E-state index is 0.00868. The van der Waals surface area contributed by atoms with Crippen molar-refractivity contribution in [3.63, 3.8) is 0 Å². The quantitative estimate of drug-likeness (QED) is 0.686. The van der Waals surface area contributed by atoms with Gasteiger partial charge in [-0.2, -0.15) is 0 Å². The van der Waals surface area contributed by atoms with Crippen LogP contribution in [0.5, 0.6) is 0 Å². The Hall–Kier alpha value is -0.340. The van der Waals surface area contributed by atoms with Crippen LogP contribution in [0.4, 0.5) is 0 Å². The first-order valence-electron chi connectivity index (χ1n) is 6.89. The molecule has 1 spiro atoms. The first-order valence-corrected chi connectivity index (χ1v) is 6.89. The lowest BCUT2D eigenvalue weighted by Crippen LogP contribution is -2.42. The van der Waals surface area contributed by atoms with Crippen LogP contribution in [-0.4, -0.2) is 22.9 Å². The fourth-order valence-corrected chi connectivity index (χ4v) is 5.70. The van der Waals surface area contributed by atoms with Crippen molar-refractivity contribution in [2.75, 3.05) is 6.61 Å². The van der Waals surface area contributed by atoms with E-state index >= 15 is 0 Å². The van der Waals surface area contributed by atoms with E-state index in [1.807, 2.05) is 6.08 Å². The van der Waals surface area contributed by atoms with Gasteiger partial charge >= 0.3 is 0 Å². The molecule has 2 fully saturated rings. The van der Waals surface area contributed by atoms with Gasteiger partial charge in [0.1, 0.15) is 0 Å². The SMILES string of the molecule is CC1CCC2C(C)(CO)CC3(C)C(O)C=CC123. The highest BCUT2D eigenvalue weighted by Gasteiger charge is 2.71. The van der Waals surface area contributed by atoms with E-state index in [1.54, 1.807) is 0 Å². The summed E-state index contributed by atoms with van der Waals surface area (Å²) in [6, 6.07) is 0. The largest absolute Gasteiger partial charge is 0.396 e. The molecule has 3 rings (SSSR count). The van der Waals surface area contributed by atoms with E-state index in [2.05, 4.69) is 26.8 Å². The van der Waals surface area contributed by atoms with Gasteiger partial charge in [-0.1, -0.05) is 32.9 Å². The number of hydrogen-bond acceptors (Lipinski definition) is 2. The lowest BCUT2D eigenvalue weighted by atomic mass is 9.61. The molecule has 2 heteroatoms. The molecule has 17 heavy (non-hydrogen) atoms. The third-order valence-electron chi connectivity index (χ3n) is 6.45. The molecule has 0 aromatic rings. The summed E-state index contributed by atoms with van der Waals surface area (Å²) in [5, 5.41) is 20.2. The van der Waals surface area contributed by atoms with Crippen molar-refractivity contribution >= 4 is 0 Å². The average Bonchev–Trinajstić information content (AvgIpc) is 2.81. The van der Waals surface area contributed by atoms with Gasteiger partial charge in [0.15, 0.2) is 0 Å². The van der Waals surface area contributed by atoms with Crippen LogP contribution in [0.15, 0.2) is 12.2 Å². The third-order valence-corrected chi connectivity index (χ3v) is 6.45. The first kappa shape index (κ1) is 11.7. The lowest BCUT2D eigenvalue weighted by Gasteiger charge is -2.43. The van der Waals surface area contributed by atoms with Gasteiger partial charge in [0, 0.05) is 17.4 Å². The summed E-state index contributed by atoms with van der Waals surface area (Å²) in [5.41, 5.74) is 0.0558. The number of aliphatic hydroxyl groups is 2. The van der Waals surface area contributed by atoms with Crippen LogP contribution in [0, 0.1) is 28.1 Å². The zero-order chi connectivity index (χ0) is 12.5. The van der Waals surface area contributed by atoms with Gasteiger partial charge in [-0.15, -0.1) is 0 Å². The zero-order valence-electron chi connectivity index (χ0n) is 11.1. The second-order valence-electron chi connectivity index (χ2n) is 7.17. The third kappa shape index (κ3) is 1.05. The van der Waals surface area contributed by atoms with Crippen LogP contribution in [0.2, 0.25) is 0 Å². The molecule has 0 radical (unpaired) electrons. The molecule has 96 valence electrons. The molecule has 3 aliphatic carbocycles. The lowest BCUT2D eigenvalue weighted by molar-refractivity contribution is -0.00201. The first-order chi connectivity index (χ1) is 7.91. The standard InChI is InChI=1S/C15H24O2/c1-10-4-5-11-13(2,9-16)8-14(3)12(17)6-7-15(10,11)14/h6-7,10-12,16-17H,4-5,8-9H2,1-3H3. The summed E-state index contributed by atoms with van der Waals surface area (Å²) in [6.45, 7) is 7.01. The number of aliphatic hydroxyl groups excluding tert-OH is 2. The minimum atomic E-state index is -0.334. The molecule has 2 saturated carbocycles. The van der Waals surface area contributed by atoms with Gasteiger partial charge in [-0.3, -0.25) is 0 Å². The Balaban J connectivity index is 2.16. The van der Waals surface area contributed by atoms with Crippen LogP contribution in [0.25, 0.3) is 0 Å². The molecule has 0 amide bonds. The van der Waals surface area contributed by atoms with Crippen LogP contribution in [0.3, 0.4) is 0 Å². The van der Waals surface area contributed by atoms with Gasteiger partial charge in [0.25, 0.3) is 0 Å². The molecular weight excluding hydrogens is 212 g/mol. The van der Waals surface area contributed by atoms with Crippen molar-refractivity contribution in [3.05, 3.63) is 12.2 Å². The van der Waals surface area contributed by atoms with Crippen molar-refractivity contribution in [1.82, 2.24) is 0 Å². The molecular formula is C15H24O2. The van der Waals surface area contributed by atoms with Crippen molar-refractivity contribution in [1.29, 1.82) is 0 Å². The van der Waals surface area contributed by atoms with E-state index in [4.69, 9.17) is 0 Å². The van der Waals surface area contributed by atoms with Crippen molar-refractivity contribution in [2.24, 2.45) is 28.1 Å². The average molecular weight is 236 g/mol. The predicted molar refractivity (Wildman–Crippen MR) is 67.4 cm³/mol. The highest BCUT2D eigenvalue weighted by molar-refractivity contribution is 5.32. The second kappa shape index (κ2) is 3.16. The fourth-order valence-electron chi connectivity index (χ4n) is 5.70.